The Bertz CT molecular complexity index is 1130. The van der Waals surface area contributed by atoms with E-state index in [9.17, 15) is 8.42 Å². The maximum absolute atomic E-state index is 12.7. The number of morpholine rings is 1. The molecule has 0 saturated carbocycles. The molecule has 0 unspecified atom stereocenters. The molecule has 0 N–H and O–H groups in total. The van der Waals surface area contributed by atoms with Gasteiger partial charge >= 0.3 is 0 Å². The van der Waals surface area contributed by atoms with Crippen molar-refractivity contribution in [2.24, 2.45) is 0 Å². The molecular weight excluding hydrogens is 392 g/mol. The fourth-order valence-electron chi connectivity index (χ4n) is 3.94. The molecule has 0 bridgehead atoms. The predicted octanol–water partition coefficient (Wildman–Crippen LogP) is 3.52. The van der Waals surface area contributed by atoms with Crippen LogP contribution in [0.1, 0.15) is 24.2 Å². The van der Waals surface area contributed by atoms with E-state index in [1.807, 2.05) is 18.2 Å². The standard InChI is InChI=1S/C21H22N2O5S/c24-29(25,23-9-11-26-12-10-23)16-6-8-21(22-14-16)27-15-5-7-20-18(13-15)17-3-1-2-4-19(17)28-20/h5-8,13-14H,1-4,9-12H2. The van der Waals surface area contributed by atoms with Gasteiger partial charge in [-0.2, -0.15) is 4.31 Å². The van der Waals surface area contributed by atoms with Crippen molar-refractivity contribution in [1.82, 2.24) is 9.29 Å². The lowest BCUT2D eigenvalue weighted by Gasteiger charge is -2.25. The van der Waals surface area contributed by atoms with Crippen LogP contribution >= 0.6 is 0 Å². The molecule has 0 radical (unpaired) electrons. The Kier molecular flexibility index (Phi) is 4.77. The molecule has 1 aromatic carbocycles. The van der Waals surface area contributed by atoms with E-state index in [0.29, 0.717) is 37.9 Å². The minimum atomic E-state index is -3.56. The van der Waals surface area contributed by atoms with E-state index in [-0.39, 0.29) is 4.90 Å². The van der Waals surface area contributed by atoms with Crippen molar-refractivity contribution in [3.63, 3.8) is 0 Å². The molecule has 2 aliphatic rings. The van der Waals surface area contributed by atoms with Crippen molar-refractivity contribution in [2.45, 2.75) is 30.6 Å². The third-order valence-electron chi connectivity index (χ3n) is 5.47. The molecule has 0 atom stereocenters. The van der Waals surface area contributed by atoms with Crippen molar-refractivity contribution in [3.05, 3.63) is 47.9 Å². The number of hydrogen-bond donors (Lipinski definition) is 0. The average Bonchev–Trinajstić information content (AvgIpc) is 3.13. The summed E-state index contributed by atoms with van der Waals surface area (Å²) < 4.78 is 43.9. The zero-order chi connectivity index (χ0) is 19.8. The Labute approximate surface area is 169 Å². The lowest BCUT2D eigenvalue weighted by atomic mass is 9.96. The van der Waals surface area contributed by atoms with Crippen LogP contribution in [0.15, 0.2) is 45.8 Å². The van der Waals surface area contributed by atoms with Gasteiger partial charge in [-0.05, 0) is 43.5 Å². The summed E-state index contributed by atoms with van der Waals surface area (Å²) in [6, 6.07) is 8.86. The second-order valence-electron chi connectivity index (χ2n) is 7.32. The Hall–Kier alpha value is -2.42. The molecule has 1 aliphatic heterocycles. The van der Waals surface area contributed by atoms with Crippen LogP contribution in [0.4, 0.5) is 0 Å². The molecule has 8 heteroatoms. The fourth-order valence-corrected chi connectivity index (χ4v) is 5.30. The molecule has 3 aromatic rings. The van der Waals surface area contributed by atoms with Crippen molar-refractivity contribution >= 4 is 21.0 Å². The first-order valence-corrected chi connectivity index (χ1v) is 11.3. The van der Waals surface area contributed by atoms with Crippen molar-refractivity contribution in [3.8, 4) is 11.6 Å². The van der Waals surface area contributed by atoms with E-state index >= 15 is 0 Å². The van der Waals surface area contributed by atoms with E-state index in [4.69, 9.17) is 13.9 Å². The van der Waals surface area contributed by atoms with Gasteiger partial charge in [0.2, 0.25) is 15.9 Å². The highest BCUT2D eigenvalue weighted by molar-refractivity contribution is 7.89. The summed E-state index contributed by atoms with van der Waals surface area (Å²) in [5, 5.41) is 1.09. The fraction of sp³-hybridized carbons (Fsp3) is 0.381. The molecule has 0 spiro atoms. The van der Waals surface area contributed by atoms with Crippen LogP contribution in [0.25, 0.3) is 11.0 Å². The highest BCUT2D eigenvalue weighted by atomic mass is 32.2. The molecule has 3 heterocycles. The molecule has 7 nitrogen and oxygen atoms in total. The molecule has 1 aliphatic carbocycles. The first kappa shape index (κ1) is 18.6. The molecule has 5 rings (SSSR count). The second kappa shape index (κ2) is 7.44. The van der Waals surface area contributed by atoms with Crippen molar-refractivity contribution in [1.29, 1.82) is 0 Å². The van der Waals surface area contributed by atoms with Gasteiger partial charge in [-0.3, -0.25) is 0 Å². The number of hydrogen-bond acceptors (Lipinski definition) is 6. The summed E-state index contributed by atoms with van der Waals surface area (Å²) in [6.07, 6.45) is 5.70. The number of ether oxygens (including phenoxy) is 2. The van der Waals surface area contributed by atoms with Gasteiger partial charge in [-0.1, -0.05) is 0 Å². The number of rotatable bonds is 4. The quantitative estimate of drug-likeness (QED) is 0.650. The zero-order valence-electron chi connectivity index (χ0n) is 16.0. The van der Waals surface area contributed by atoms with E-state index in [0.717, 1.165) is 29.6 Å². The van der Waals surface area contributed by atoms with E-state index < -0.39 is 10.0 Å². The van der Waals surface area contributed by atoms with Crippen LogP contribution in [0.3, 0.4) is 0 Å². The van der Waals surface area contributed by atoms with Crippen molar-refractivity contribution in [2.75, 3.05) is 26.3 Å². The summed E-state index contributed by atoms with van der Waals surface area (Å²) in [5.41, 5.74) is 2.15. The first-order chi connectivity index (χ1) is 14.1. The molecule has 29 heavy (non-hydrogen) atoms. The second-order valence-corrected chi connectivity index (χ2v) is 9.26. The van der Waals surface area contributed by atoms with Crippen LogP contribution in [-0.4, -0.2) is 44.0 Å². The number of fused-ring (bicyclic) bond motifs is 3. The van der Waals surface area contributed by atoms with Crippen molar-refractivity contribution < 1.29 is 22.3 Å². The van der Waals surface area contributed by atoms with Crippen LogP contribution in [0.5, 0.6) is 11.6 Å². The lowest BCUT2D eigenvalue weighted by molar-refractivity contribution is 0.0730. The van der Waals surface area contributed by atoms with E-state index in [1.54, 1.807) is 6.07 Å². The van der Waals surface area contributed by atoms with Gasteiger partial charge in [-0.15, -0.1) is 0 Å². The summed E-state index contributed by atoms with van der Waals surface area (Å²) in [4.78, 5) is 4.37. The minimum Gasteiger partial charge on any atom is -0.461 e. The molecule has 1 saturated heterocycles. The van der Waals surface area contributed by atoms with Gasteiger partial charge in [-0.25, -0.2) is 13.4 Å². The third-order valence-corrected chi connectivity index (χ3v) is 7.35. The van der Waals surface area contributed by atoms with Gasteiger partial charge in [0, 0.05) is 36.5 Å². The number of furan rings is 1. The monoisotopic (exact) mass is 414 g/mol. The van der Waals surface area contributed by atoms with E-state index in [1.165, 1.54) is 35.0 Å². The van der Waals surface area contributed by atoms with Gasteiger partial charge in [0.1, 0.15) is 22.0 Å². The lowest BCUT2D eigenvalue weighted by Crippen LogP contribution is -2.40. The van der Waals surface area contributed by atoms with Gasteiger partial charge in [0.05, 0.1) is 19.4 Å². The smallest absolute Gasteiger partial charge is 0.244 e. The topological polar surface area (TPSA) is 81.9 Å². The zero-order valence-corrected chi connectivity index (χ0v) is 16.8. The summed E-state index contributed by atoms with van der Waals surface area (Å²) in [5.74, 6) is 2.09. The Morgan fingerprint density at radius 3 is 2.66 bits per heavy atom. The number of pyridine rings is 1. The summed E-state index contributed by atoms with van der Waals surface area (Å²) in [7, 11) is -3.56. The highest BCUT2D eigenvalue weighted by Crippen LogP contribution is 2.35. The normalized spacial score (nSPS) is 17.9. The van der Waals surface area contributed by atoms with Gasteiger partial charge in [0.15, 0.2) is 0 Å². The van der Waals surface area contributed by atoms with Crippen LogP contribution in [0, 0.1) is 0 Å². The number of nitrogens with zero attached hydrogens (tertiary/aromatic N) is 2. The molecule has 1 fully saturated rings. The van der Waals surface area contributed by atoms with Crippen LogP contribution < -0.4 is 4.74 Å². The Morgan fingerprint density at radius 2 is 1.86 bits per heavy atom. The van der Waals surface area contributed by atoms with Crippen LogP contribution in [0.2, 0.25) is 0 Å². The Balaban J connectivity index is 1.37. The maximum Gasteiger partial charge on any atom is 0.244 e. The molecule has 0 amide bonds. The number of aromatic nitrogens is 1. The van der Waals surface area contributed by atoms with Gasteiger partial charge < -0.3 is 13.9 Å². The summed E-state index contributed by atoms with van der Waals surface area (Å²) >= 11 is 0. The minimum absolute atomic E-state index is 0.158. The highest BCUT2D eigenvalue weighted by Gasteiger charge is 2.26. The largest absolute Gasteiger partial charge is 0.461 e. The first-order valence-electron chi connectivity index (χ1n) is 9.87. The summed E-state index contributed by atoms with van der Waals surface area (Å²) in [6.45, 7) is 1.54. The maximum atomic E-state index is 12.7. The number of aryl methyl sites for hydroxylation is 2. The van der Waals surface area contributed by atoms with E-state index in [2.05, 4.69) is 4.98 Å². The average molecular weight is 414 g/mol. The SMILES string of the molecule is O=S(=O)(c1ccc(Oc2ccc3oc4c(c3c2)CCCC4)nc1)N1CCOCC1. The predicted molar refractivity (Wildman–Crippen MR) is 107 cm³/mol. The molecule has 152 valence electrons. The number of sulfonamides is 1. The Morgan fingerprint density at radius 1 is 1.03 bits per heavy atom. The van der Waals surface area contributed by atoms with Gasteiger partial charge in [0.25, 0.3) is 0 Å². The number of benzene rings is 1. The third kappa shape index (κ3) is 3.52. The molecular formula is C21H22N2O5S. The van der Waals surface area contributed by atoms with Crippen LogP contribution in [-0.2, 0) is 27.6 Å². The molecule has 2 aromatic heterocycles.